The zero-order chi connectivity index (χ0) is 37.1. The van der Waals surface area contributed by atoms with Gasteiger partial charge in [-0.15, -0.1) is 0 Å². The molecule has 4 saturated carbocycles. The molecular formula is C45H80N4O3. The summed E-state index contributed by atoms with van der Waals surface area (Å²) in [6.07, 6.45) is 19.2. The summed E-state index contributed by atoms with van der Waals surface area (Å²) in [7, 11) is 1.57. The van der Waals surface area contributed by atoms with Crippen LogP contribution >= 0.6 is 0 Å². The zero-order valence-corrected chi connectivity index (χ0v) is 34.3. The van der Waals surface area contributed by atoms with E-state index in [2.05, 4.69) is 55.9 Å². The molecule has 298 valence electrons. The van der Waals surface area contributed by atoms with Crippen LogP contribution in [0.5, 0.6) is 11.5 Å². The van der Waals surface area contributed by atoms with Gasteiger partial charge in [0.05, 0.1) is 13.2 Å². The molecule has 6 N–H and O–H groups in total. The van der Waals surface area contributed by atoms with E-state index in [1.165, 1.54) is 83.5 Å². The topological polar surface area (TPSA) is 97.8 Å². The Balaban J connectivity index is 0.901. The molecular weight excluding hydrogens is 645 g/mol. The molecule has 4 aliphatic rings. The SMILES string of the molecule is COc1ccc(CNCCCNCCCCNCCCN[C@H]2CC[C@]3(C)C4CC[C@@]5(C)C(CC[C@@H]5[C@H](C)CCCC(C)C)C4[C@H](O)C[C@H]3C2)cc1O. The molecule has 52 heavy (non-hydrogen) atoms. The largest absolute Gasteiger partial charge is 0.504 e. The van der Waals surface area contributed by atoms with Crippen LogP contribution in [0.15, 0.2) is 18.2 Å². The first-order valence-corrected chi connectivity index (χ1v) is 22.0. The number of unbranched alkanes of at least 4 members (excludes halogenated alkanes) is 1. The molecule has 5 rings (SSSR count). The number of benzene rings is 1. The normalized spacial score (nSPS) is 33.4. The highest BCUT2D eigenvalue weighted by molar-refractivity contribution is 5.41. The molecule has 10 atom stereocenters. The first-order valence-electron chi connectivity index (χ1n) is 22.0. The van der Waals surface area contributed by atoms with Gasteiger partial charge >= 0.3 is 0 Å². The van der Waals surface area contributed by atoms with Crippen LogP contribution in [0.2, 0.25) is 0 Å². The number of phenolic OH excluding ortho intramolecular Hbond substituents is 1. The van der Waals surface area contributed by atoms with E-state index >= 15 is 0 Å². The number of nitrogens with one attached hydrogen (secondary N) is 4. The second-order valence-corrected chi connectivity index (χ2v) is 18.8. The zero-order valence-electron chi connectivity index (χ0n) is 34.3. The second kappa shape index (κ2) is 20.0. The van der Waals surface area contributed by atoms with Gasteiger partial charge < -0.3 is 36.2 Å². The minimum Gasteiger partial charge on any atom is -0.504 e. The van der Waals surface area contributed by atoms with E-state index in [1.54, 1.807) is 13.2 Å². The van der Waals surface area contributed by atoms with Crippen molar-refractivity contribution in [1.82, 2.24) is 21.3 Å². The molecule has 1 aromatic carbocycles. The molecule has 3 unspecified atom stereocenters. The highest BCUT2D eigenvalue weighted by Crippen LogP contribution is 2.68. The minimum absolute atomic E-state index is 0.0921. The lowest BCUT2D eigenvalue weighted by molar-refractivity contribution is -0.167. The molecule has 0 aliphatic heterocycles. The molecule has 4 fully saturated rings. The summed E-state index contributed by atoms with van der Waals surface area (Å²) in [6, 6.07) is 6.18. The Morgan fingerprint density at radius 3 is 2.15 bits per heavy atom. The average molecular weight is 725 g/mol. The van der Waals surface area contributed by atoms with Gasteiger partial charge in [0.25, 0.3) is 0 Å². The van der Waals surface area contributed by atoms with Crippen LogP contribution < -0.4 is 26.0 Å². The summed E-state index contributed by atoms with van der Waals surface area (Å²) in [6.45, 7) is 19.7. The first-order chi connectivity index (χ1) is 25.1. The standard InChI is InChI=1S/C45H80N4O3/c1-32(2)12-9-13-33(3)37-15-16-38-43-39(19-21-45(37,38)5)44(4)20-18-36(29-35(44)30-41(43)51)49-27-11-25-47-23-8-7-22-46-24-10-26-48-31-34-14-17-42(52-6)40(50)28-34/h14,17,28,32-33,35-39,41,43,46-51H,7-13,15-16,18-27,29-31H2,1-6H3/t33-,35-,36+,37-,38?,39?,41-,43?,44+,45-/m1/s1. The van der Waals surface area contributed by atoms with Gasteiger partial charge in [-0.2, -0.15) is 0 Å². The number of hydrogen-bond donors (Lipinski definition) is 6. The molecule has 0 amide bonds. The van der Waals surface area contributed by atoms with Crippen molar-refractivity contribution in [3.05, 3.63) is 23.8 Å². The quantitative estimate of drug-likeness (QED) is 0.0671. The fourth-order valence-electron chi connectivity index (χ4n) is 12.1. The van der Waals surface area contributed by atoms with E-state index in [4.69, 9.17) is 4.74 Å². The van der Waals surface area contributed by atoms with Gasteiger partial charge in [0, 0.05) is 12.6 Å². The van der Waals surface area contributed by atoms with Crippen molar-refractivity contribution in [2.75, 3.05) is 46.4 Å². The van der Waals surface area contributed by atoms with Crippen molar-refractivity contribution in [2.45, 2.75) is 150 Å². The maximum atomic E-state index is 11.9. The van der Waals surface area contributed by atoms with Crippen LogP contribution in [0, 0.1) is 52.3 Å². The van der Waals surface area contributed by atoms with Crippen molar-refractivity contribution >= 4 is 0 Å². The van der Waals surface area contributed by atoms with Gasteiger partial charge in [-0.25, -0.2) is 0 Å². The van der Waals surface area contributed by atoms with Crippen LogP contribution in [0.4, 0.5) is 0 Å². The van der Waals surface area contributed by atoms with Crippen LogP contribution in [0.1, 0.15) is 136 Å². The van der Waals surface area contributed by atoms with Crippen molar-refractivity contribution in [1.29, 1.82) is 0 Å². The Labute approximate surface area is 319 Å². The fraction of sp³-hybridized carbons (Fsp3) is 0.867. The minimum atomic E-state index is -0.0921. The average Bonchev–Trinajstić information content (AvgIpc) is 3.47. The Hall–Kier alpha value is -1.38. The summed E-state index contributed by atoms with van der Waals surface area (Å²) < 4.78 is 5.11. The summed E-state index contributed by atoms with van der Waals surface area (Å²) >= 11 is 0. The lowest BCUT2D eigenvalue weighted by atomic mass is 9.43. The molecule has 7 nitrogen and oxygen atoms in total. The highest BCUT2D eigenvalue weighted by Gasteiger charge is 2.62. The predicted octanol–water partition coefficient (Wildman–Crippen LogP) is 8.28. The van der Waals surface area contributed by atoms with Crippen LogP contribution in [-0.2, 0) is 6.54 Å². The Bertz CT molecular complexity index is 1200. The van der Waals surface area contributed by atoms with Gasteiger partial charge in [-0.3, -0.25) is 0 Å². The third-order valence-corrected chi connectivity index (χ3v) is 15.1. The molecule has 4 aliphatic carbocycles. The molecule has 0 aromatic heterocycles. The van der Waals surface area contributed by atoms with Gasteiger partial charge in [-0.05, 0) is 186 Å². The Morgan fingerprint density at radius 2 is 1.44 bits per heavy atom. The van der Waals surface area contributed by atoms with Crippen LogP contribution in [-0.4, -0.2) is 68.7 Å². The van der Waals surface area contributed by atoms with Crippen molar-refractivity contribution < 1.29 is 14.9 Å². The summed E-state index contributed by atoms with van der Waals surface area (Å²) in [5, 5.41) is 36.4. The van der Waals surface area contributed by atoms with Crippen molar-refractivity contribution in [3.63, 3.8) is 0 Å². The molecule has 0 saturated heterocycles. The van der Waals surface area contributed by atoms with Gasteiger partial charge in [0.1, 0.15) is 0 Å². The highest BCUT2D eigenvalue weighted by atomic mass is 16.5. The summed E-state index contributed by atoms with van der Waals surface area (Å²) in [5.41, 5.74) is 1.92. The monoisotopic (exact) mass is 725 g/mol. The lowest BCUT2D eigenvalue weighted by Crippen LogP contribution is -2.59. The number of aliphatic hydroxyl groups excluding tert-OH is 1. The first kappa shape index (κ1) is 41.8. The van der Waals surface area contributed by atoms with E-state index in [0.29, 0.717) is 34.5 Å². The van der Waals surface area contributed by atoms with E-state index < -0.39 is 0 Å². The van der Waals surface area contributed by atoms with Crippen molar-refractivity contribution in [2.24, 2.45) is 52.3 Å². The molecule has 0 radical (unpaired) electrons. The summed E-state index contributed by atoms with van der Waals surface area (Å²) in [4.78, 5) is 0. The van der Waals surface area contributed by atoms with E-state index in [9.17, 15) is 10.2 Å². The molecule has 1 aromatic rings. The number of fused-ring (bicyclic) bond motifs is 5. The number of ether oxygens (including phenoxy) is 1. The third-order valence-electron chi connectivity index (χ3n) is 15.1. The number of hydrogen-bond acceptors (Lipinski definition) is 7. The number of aliphatic hydroxyl groups is 1. The maximum absolute atomic E-state index is 11.9. The molecule has 0 bridgehead atoms. The number of aromatic hydroxyl groups is 1. The lowest BCUT2D eigenvalue weighted by Gasteiger charge is -2.62. The van der Waals surface area contributed by atoms with Gasteiger partial charge in [0.2, 0.25) is 0 Å². The van der Waals surface area contributed by atoms with E-state index in [1.807, 2.05) is 12.1 Å². The van der Waals surface area contributed by atoms with Crippen molar-refractivity contribution in [3.8, 4) is 11.5 Å². The van der Waals surface area contributed by atoms with E-state index in [0.717, 1.165) is 93.8 Å². The molecule has 0 spiro atoms. The number of rotatable bonds is 22. The third kappa shape index (κ3) is 10.5. The van der Waals surface area contributed by atoms with Crippen LogP contribution in [0.3, 0.4) is 0 Å². The molecule has 0 heterocycles. The fourth-order valence-corrected chi connectivity index (χ4v) is 12.1. The second-order valence-electron chi connectivity index (χ2n) is 18.8. The van der Waals surface area contributed by atoms with E-state index in [-0.39, 0.29) is 11.9 Å². The number of phenols is 1. The number of methoxy groups -OCH3 is 1. The predicted molar refractivity (Wildman–Crippen MR) is 217 cm³/mol. The summed E-state index contributed by atoms with van der Waals surface area (Å²) in [5.74, 6) is 5.88. The van der Waals surface area contributed by atoms with Gasteiger partial charge in [-0.1, -0.05) is 59.9 Å². The van der Waals surface area contributed by atoms with Gasteiger partial charge in [0.15, 0.2) is 11.5 Å². The molecule has 7 heteroatoms. The Kier molecular flexibility index (Phi) is 16.1. The van der Waals surface area contributed by atoms with Crippen LogP contribution in [0.25, 0.3) is 0 Å². The maximum Gasteiger partial charge on any atom is 0.160 e. The Morgan fingerprint density at radius 1 is 0.769 bits per heavy atom. The smallest absolute Gasteiger partial charge is 0.160 e.